The Bertz CT molecular complexity index is 181. The summed E-state index contributed by atoms with van der Waals surface area (Å²) in [4.78, 5) is 4.13. The highest BCUT2D eigenvalue weighted by atomic mass is 16.3. The average molecular weight is 125 g/mol. The van der Waals surface area contributed by atoms with Crippen LogP contribution in [0.15, 0.2) is 10.7 Å². The molecule has 0 fully saturated rings. The Hall–Kier alpha value is -0.790. The van der Waals surface area contributed by atoms with Crippen LogP contribution in [0.5, 0.6) is 0 Å². The van der Waals surface area contributed by atoms with Crippen molar-refractivity contribution in [2.75, 3.05) is 0 Å². The van der Waals surface area contributed by atoms with Crippen molar-refractivity contribution in [3.05, 3.63) is 17.8 Å². The quantitative estimate of drug-likeness (QED) is 0.603. The van der Waals surface area contributed by atoms with Crippen molar-refractivity contribution in [1.29, 1.82) is 0 Å². The third-order valence-electron chi connectivity index (χ3n) is 1.17. The molecule has 2 nitrogen and oxygen atoms in total. The molecule has 0 aromatic carbocycles. The maximum Gasteiger partial charge on any atom is 0.191 e. The minimum Gasteiger partial charge on any atom is -0.449 e. The highest BCUT2D eigenvalue weighted by Gasteiger charge is 1.95. The van der Waals surface area contributed by atoms with Gasteiger partial charge in [0.1, 0.15) is 6.26 Å². The lowest BCUT2D eigenvalue weighted by atomic mass is 10.3. The van der Waals surface area contributed by atoms with Gasteiger partial charge in [0, 0.05) is 6.92 Å². The maximum absolute atomic E-state index is 5.01. The highest BCUT2D eigenvalue weighted by Crippen LogP contribution is 2.01. The van der Waals surface area contributed by atoms with Crippen LogP contribution in [-0.2, 0) is 6.42 Å². The van der Waals surface area contributed by atoms with Gasteiger partial charge in [-0.3, -0.25) is 0 Å². The molecule has 50 valence electrons. The van der Waals surface area contributed by atoms with Crippen LogP contribution in [0.3, 0.4) is 0 Å². The fraction of sp³-hybridized carbons (Fsp3) is 0.571. The molecule has 1 rings (SSSR count). The lowest BCUT2D eigenvalue weighted by Crippen LogP contribution is -1.81. The van der Waals surface area contributed by atoms with Gasteiger partial charge in [0.05, 0.1) is 5.69 Å². The Morgan fingerprint density at radius 1 is 1.67 bits per heavy atom. The van der Waals surface area contributed by atoms with E-state index in [0.717, 1.165) is 24.4 Å². The molecule has 0 bridgehead atoms. The van der Waals surface area contributed by atoms with Gasteiger partial charge in [-0.05, 0) is 6.42 Å². The van der Waals surface area contributed by atoms with Gasteiger partial charge >= 0.3 is 0 Å². The predicted octanol–water partition coefficient (Wildman–Crippen LogP) is 1.94. The van der Waals surface area contributed by atoms with Crippen LogP contribution in [0.1, 0.15) is 24.9 Å². The van der Waals surface area contributed by atoms with E-state index in [0.29, 0.717) is 0 Å². The van der Waals surface area contributed by atoms with Gasteiger partial charge in [0.15, 0.2) is 5.89 Å². The van der Waals surface area contributed by atoms with E-state index in [9.17, 15) is 0 Å². The second-order valence-corrected chi connectivity index (χ2v) is 2.11. The second-order valence-electron chi connectivity index (χ2n) is 2.11. The Morgan fingerprint density at radius 2 is 2.44 bits per heavy atom. The third-order valence-corrected chi connectivity index (χ3v) is 1.17. The smallest absolute Gasteiger partial charge is 0.191 e. The van der Waals surface area contributed by atoms with Crippen LogP contribution in [0.25, 0.3) is 0 Å². The number of hydrogen-bond acceptors (Lipinski definition) is 2. The van der Waals surface area contributed by atoms with Gasteiger partial charge in [0.25, 0.3) is 0 Å². The van der Waals surface area contributed by atoms with E-state index in [4.69, 9.17) is 4.42 Å². The molecule has 1 aromatic rings. The summed E-state index contributed by atoms with van der Waals surface area (Å²) in [5.74, 6) is 0.762. The number of aromatic nitrogens is 1. The molecular formula is C7H11NO. The summed E-state index contributed by atoms with van der Waals surface area (Å²) in [7, 11) is 0. The lowest BCUT2D eigenvalue weighted by Gasteiger charge is -1.83. The van der Waals surface area contributed by atoms with Gasteiger partial charge in [-0.15, -0.1) is 0 Å². The summed E-state index contributed by atoms with van der Waals surface area (Å²) in [5, 5.41) is 0. The second kappa shape index (κ2) is 2.67. The number of hydrogen-bond donors (Lipinski definition) is 0. The summed E-state index contributed by atoms with van der Waals surface area (Å²) in [6.45, 7) is 3.99. The maximum atomic E-state index is 5.01. The summed E-state index contributed by atoms with van der Waals surface area (Å²) in [6.07, 6.45) is 3.88. The number of aryl methyl sites for hydroxylation is 2. The van der Waals surface area contributed by atoms with Crippen LogP contribution < -0.4 is 0 Å². The van der Waals surface area contributed by atoms with Crippen molar-refractivity contribution in [1.82, 2.24) is 4.98 Å². The molecule has 0 saturated carbocycles. The van der Waals surface area contributed by atoms with E-state index >= 15 is 0 Å². The van der Waals surface area contributed by atoms with E-state index in [1.807, 2.05) is 6.92 Å². The lowest BCUT2D eigenvalue weighted by molar-refractivity contribution is 0.520. The molecule has 2 heteroatoms. The van der Waals surface area contributed by atoms with E-state index in [2.05, 4.69) is 11.9 Å². The molecule has 0 aliphatic heterocycles. The fourth-order valence-electron chi connectivity index (χ4n) is 0.779. The Balaban J connectivity index is 2.61. The Labute approximate surface area is 54.9 Å². The molecule has 0 spiro atoms. The van der Waals surface area contributed by atoms with Crippen LogP contribution in [-0.4, -0.2) is 4.98 Å². The molecule has 0 aliphatic carbocycles. The molecule has 0 radical (unpaired) electrons. The van der Waals surface area contributed by atoms with Gasteiger partial charge in [0.2, 0.25) is 0 Å². The highest BCUT2D eigenvalue weighted by molar-refractivity contribution is 4.94. The first kappa shape index (κ1) is 6.33. The van der Waals surface area contributed by atoms with Gasteiger partial charge in [-0.1, -0.05) is 13.3 Å². The Morgan fingerprint density at radius 3 is 2.89 bits per heavy atom. The largest absolute Gasteiger partial charge is 0.449 e. The molecular weight excluding hydrogens is 114 g/mol. The molecule has 0 saturated heterocycles. The summed E-state index contributed by atoms with van der Waals surface area (Å²) in [6, 6.07) is 0. The van der Waals surface area contributed by atoms with E-state index in [1.165, 1.54) is 0 Å². The fourth-order valence-corrected chi connectivity index (χ4v) is 0.779. The van der Waals surface area contributed by atoms with Gasteiger partial charge in [-0.25, -0.2) is 4.98 Å². The molecule has 1 aromatic heterocycles. The standard InChI is InChI=1S/C7H11NO/c1-3-4-7-5-9-6(2)8-7/h5H,3-4H2,1-2H3. The average Bonchev–Trinajstić information content (AvgIpc) is 2.17. The van der Waals surface area contributed by atoms with Crippen molar-refractivity contribution >= 4 is 0 Å². The predicted molar refractivity (Wildman–Crippen MR) is 35.2 cm³/mol. The topological polar surface area (TPSA) is 26.0 Å². The molecule has 0 N–H and O–H groups in total. The first-order valence-corrected chi connectivity index (χ1v) is 3.24. The molecule has 1 heterocycles. The number of rotatable bonds is 2. The number of oxazole rings is 1. The zero-order valence-corrected chi connectivity index (χ0v) is 5.85. The third kappa shape index (κ3) is 1.56. The van der Waals surface area contributed by atoms with Crippen molar-refractivity contribution < 1.29 is 4.42 Å². The van der Waals surface area contributed by atoms with Crippen molar-refractivity contribution in [3.8, 4) is 0 Å². The first-order valence-electron chi connectivity index (χ1n) is 3.24. The van der Waals surface area contributed by atoms with Crippen LogP contribution in [0, 0.1) is 6.92 Å². The monoisotopic (exact) mass is 125 g/mol. The van der Waals surface area contributed by atoms with Crippen molar-refractivity contribution in [3.63, 3.8) is 0 Å². The molecule has 9 heavy (non-hydrogen) atoms. The van der Waals surface area contributed by atoms with E-state index < -0.39 is 0 Å². The summed E-state index contributed by atoms with van der Waals surface area (Å²) < 4.78 is 5.01. The summed E-state index contributed by atoms with van der Waals surface area (Å²) >= 11 is 0. The van der Waals surface area contributed by atoms with E-state index in [-0.39, 0.29) is 0 Å². The SMILES string of the molecule is CCCc1coc(C)n1. The Kier molecular flexibility index (Phi) is 1.88. The minimum absolute atomic E-state index is 0.762. The molecule has 0 atom stereocenters. The van der Waals surface area contributed by atoms with Crippen LogP contribution in [0.4, 0.5) is 0 Å². The first-order chi connectivity index (χ1) is 4.33. The van der Waals surface area contributed by atoms with Gasteiger partial charge in [-0.2, -0.15) is 0 Å². The normalized spacial score (nSPS) is 10.0. The number of nitrogens with zero attached hydrogens (tertiary/aromatic N) is 1. The van der Waals surface area contributed by atoms with Crippen molar-refractivity contribution in [2.24, 2.45) is 0 Å². The molecule has 0 aliphatic rings. The van der Waals surface area contributed by atoms with E-state index in [1.54, 1.807) is 6.26 Å². The molecule has 0 amide bonds. The summed E-state index contributed by atoms with van der Waals surface area (Å²) in [5.41, 5.74) is 1.06. The van der Waals surface area contributed by atoms with Gasteiger partial charge < -0.3 is 4.42 Å². The zero-order chi connectivity index (χ0) is 6.69. The molecule has 0 unspecified atom stereocenters. The van der Waals surface area contributed by atoms with Crippen LogP contribution in [0.2, 0.25) is 0 Å². The zero-order valence-electron chi connectivity index (χ0n) is 5.85. The van der Waals surface area contributed by atoms with Crippen molar-refractivity contribution in [2.45, 2.75) is 26.7 Å². The van der Waals surface area contributed by atoms with Crippen LogP contribution >= 0.6 is 0 Å². The minimum atomic E-state index is 0.762.